The lowest BCUT2D eigenvalue weighted by atomic mass is 9.38. The highest BCUT2D eigenvalue weighted by Gasteiger charge is 2.83. The fraction of sp³-hybridized carbons (Fsp3) is 0.773. The molecular formula is C22H28O9. The van der Waals surface area contributed by atoms with Crippen LogP contribution in [0.25, 0.3) is 0 Å². The van der Waals surface area contributed by atoms with Gasteiger partial charge in [0.1, 0.15) is 18.3 Å². The molecule has 9 nitrogen and oxygen atoms in total. The Labute approximate surface area is 179 Å². The normalized spacial score (nSPS) is 55.0. The van der Waals surface area contributed by atoms with E-state index in [9.17, 15) is 29.7 Å². The van der Waals surface area contributed by atoms with Crippen LogP contribution in [0.4, 0.5) is 0 Å². The molecule has 11 unspecified atom stereocenters. The molecule has 31 heavy (non-hydrogen) atoms. The van der Waals surface area contributed by atoms with Crippen LogP contribution in [0, 0.1) is 34.5 Å². The molecule has 5 rings (SSSR count). The third kappa shape index (κ3) is 2.23. The van der Waals surface area contributed by atoms with Crippen LogP contribution in [0.3, 0.4) is 0 Å². The fourth-order valence-electron chi connectivity index (χ4n) is 7.91. The van der Waals surface area contributed by atoms with Gasteiger partial charge in [0.05, 0.1) is 6.61 Å². The number of carbonyl (C=O) groups is 3. The van der Waals surface area contributed by atoms with Crippen molar-refractivity contribution in [1.29, 1.82) is 0 Å². The monoisotopic (exact) mass is 436 g/mol. The first-order valence-corrected chi connectivity index (χ1v) is 10.7. The largest absolute Gasteiger partial charge is 0.459 e. The van der Waals surface area contributed by atoms with Gasteiger partial charge in [-0.25, -0.2) is 4.79 Å². The highest BCUT2D eigenvalue weighted by atomic mass is 16.7. The predicted molar refractivity (Wildman–Crippen MR) is 102 cm³/mol. The van der Waals surface area contributed by atoms with E-state index in [2.05, 4.69) is 0 Å². The van der Waals surface area contributed by atoms with Crippen molar-refractivity contribution in [3.05, 3.63) is 11.6 Å². The van der Waals surface area contributed by atoms with Crippen LogP contribution in [0.15, 0.2) is 11.6 Å². The maximum atomic E-state index is 12.9. The first-order chi connectivity index (χ1) is 14.4. The van der Waals surface area contributed by atoms with Crippen LogP contribution in [-0.2, 0) is 28.6 Å². The minimum atomic E-state index is -2.05. The van der Waals surface area contributed by atoms with Crippen molar-refractivity contribution in [1.82, 2.24) is 0 Å². The van der Waals surface area contributed by atoms with E-state index >= 15 is 0 Å². The summed E-state index contributed by atoms with van der Waals surface area (Å²) in [5.74, 6) is -6.57. The number of carbonyl (C=O) groups excluding carboxylic acids is 3. The molecule has 2 saturated carbocycles. The SMILES string of the molecule is CC(=O)OC1C(=O)OC2CC3C(C)=CC(=O)C(O)C3(C)C3C4(O)OCC23C1C(C)C4O. The number of aliphatic hydroxyl groups is 3. The van der Waals surface area contributed by atoms with Crippen LogP contribution in [0.5, 0.6) is 0 Å². The Morgan fingerprint density at radius 1 is 1.29 bits per heavy atom. The van der Waals surface area contributed by atoms with Gasteiger partial charge in [0.15, 0.2) is 11.6 Å². The van der Waals surface area contributed by atoms with Gasteiger partial charge in [0, 0.05) is 29.6 Å². The molecule has 1 spiro atoms. The van der Waals surface area contributed by atoms with Crippen molar-refractivity contribution in [2.24, 2.45) is 34.5 Å². The quantitative estimate of drug-likeness (QED) is 0.473. The van der Waals surface area contributed by atoms with Gasteiger partial charge >= 0.3 is 11.9 Å². The van der Waals surface area contributed by atoms with Crippen LogP contribution in [0.2, 0.25) is 0 Å². The minimum Gasteiger partial charge on any atom is -0.459 e. The molecule has 11 atom stereocenters. The summed E-state index contributed by atoms with van der Waals surface area (Å²) in [6.07, 6.45) is -3.09. The number of hydrogen-bond donors (Lipinski definition) is 3. The lowest BCUT2D eigenvalue weighted by Crippen LogP contribution is -2.78. The van der Waals surface area contributed by atoms with Crippen molar-refractivity contribution in [3.63, 3.8) is 0 Å². The Kier molecular flexibility index (Phi) is 4.18. The minimum absolute atomic E-state index is 0.0536. The van der Waals surface area contributed by atoms with Gasteiger partial charge in [-0.2, -0.15) is 0 Å². The van der Waals surface area contributed by atoms with E-state index in [1.54, 1.807) is 20.8 Å². The summed E-state index contributed by atoms with van der Waals surface area (Å²) in [6.45, 7) is 6.33. The molecule has 2 aliphatic heterocycles. The molecule has 2 heterocycles. The topological polar surface area (TPSA) is 140 Å². The van der Waals surface area contributed by atoms with Crippen molar-refractivity contribution >= 4 is 17.7 Å². The number of rotatable bonds is 1. The number of ketones is 1. The number of hydrogen-bond acceptors (Lipinski definition) is 9. The zero-order chi connectivity index (χ0) is 22.7. The highest BCUT2D eigenvalue weighted by molar-refractivity contribution is 5.96. The second kappa shape index (κ2) is 6.15. The van der Waals surface area contributed by atoms with Gasteiger partial charge in [0.25, 0.3) is 0 Å². The van der Waals surface area contributed by atoms with E-state index < -0.39 is 76.5 Å². The van der Waals surface area contributed by atoms with E-state index in [-0.39, 0.29) is 12.5 Å². The molecule has 3 aliphatic carbocycles. The number of aliphatic hydroxyl groups excluding tert-OH is 2. The number of fused-ring (bicyclic) bond motifs is 1. The molecule has 0 amide bonds. The second-order valence-corrected chi connectivity index (χ2v) is 10.2. The van der Waals surface area contributed by atoms with E-state index in [0.29, 0.717) is 6.42 Å². The molecule has 2 bridgehead atoms. The molecule has 0 aromatic carbocycles. The van der Waals surface area contributed by atoms with Gasteiger partial charge in [-0.15, -0.1) is 0 Å². The molecular weight excluding hydrogens is 408 g/mol. The van der Waals surface area contributed by atoms with Crippen LogP contribution < -0.4 is 0 Å². The first kappa shape index (κ1) is 21.1. The number of ether oxygens (including phenoxy) is 3. The van der Waals surface area contributed by atoms with Crippen LogP contribution in [-0.4, -0.2) is 69.9 Å². The maximum Gasteiger partial charge on any atom is 0.348 e. The molecule has 2 saturated heterocycles. The van der Waals surface area contributed by atoms with Gasteiger partial charge in [-0.05, 0) is 31.3 Å². The second-order valence-electron chi connectivity index (χ2n) is 10.2. The smallest absolute Gasteiger partial charge is 0.348 e. The molecule has 5 aliphatic rings. The molecule has 9 heteroatoms. The Morgan fingerprint density at radius 3 is 2.61 bits per heavy atom. The number of esters is 2. The van der Waals surface area contributed by atoms with Crippen molar-refractivity contribution in [2.75, 3.05) is 6.61 Å². The third-order valence-corrected chi connectivity index (χ3v) is 8.92. The van der Waals surface area contributed by atoms with Crippen LogP contribution in [0.1, 0.15) is 34.1 Å². The predicted octanol–water partition coefficient (Wildman–Crippen LogP) is -0.292. The number of allylic oxidation sites excluding steroid dienone is 1. The zero-order valence-electron chi connectivity index (χ0n) is 17.9. The summed E-state index contributed by atoms with van der Waals surface area (Å²) in [7, 11) is 0. The zero-order valence-corrected chi connectivity index (χ0v) is 17.9. The average molecular weight is 436 g/mol. The van der Waals surface area contributed by atoms with Gasteiger partial charge in [0.2, 0.25) is 6.10 Å². The van der Waals surface area contributed by atoms with E-state index in [1.807, 2.05) is 0 Å². The fourth-order valence-corrected chi connectivity index (χ4v) is 7.91. The summed E-state index contributed by atoms with van der Waals surface area (Å²) < 4.78 is 17.1. The maximum absolute atomic E-state index is 12.9. The van der Waals surface area contributed by atoms with Crippen molar-refractivity contribution < 1.29 is 43.9 Å². The Balaban J connectivity index is 1.76. The summed E-state index contributed by atoms with van der Waals surface area (Å²) >= 11 is 0. The van der Waals surface area contributed by atoms with Crippen molar-refractivity contribution in [2.45, 2.75) is 64.3 Å². The molecule has 4 fully saturated rings. The Hall–Kier alpha value is -1.81. The van der Waals surface area contributed by atoms with E-state index in [0.717, 1.165) is 5.57 Å². The molecule has 0 aromatic heterocycles. The Bertz CT molecular complexity index is 913. The van der Waals surface area contributed by atoms with Crippen LogP contribution >= 0.6 is 0 Å². The summed E-state index contributed by atoms with van der Waals surface area (Å²) in [4.78, 5) is 37.4. The Morgan fingerprint density at radius 2 is 1.97 bits per heavy atom. The lowest BCUT2D eigenvalue weighted by Gasteiger charge is -2.68. The lowest BCUT2D eigenvalue weighted by molar-refractivity contribution is -0.339. The average Bonchev–Trinajstić information content (AvgIpc) is 2.97. The van der Waals surface area contributed by atoms with E-state index in [4.69, 9.17) is 14.2 Å². The highest BCUT2D eigenvalue weighted by Crippen LogP contribution is 2.73. The molecule has 170 valence electrons. The van der Waals surface area contributed by atoms with Gasteiger partial charge in [-0.3, -0.25) is 9.59 Å². The summed E-state index contributed by atoms with van der Waals surface area (Å²) in [5.41, 5.74) is -1.49. The summed E-state index contributed by atoms with van der Waals surface area (Å²) in [6, 6.07) is 0. The molecule has 0 radical (unpaired) electrons. The van der Waals surface area contributed by atoms with Gasteiger partial charge in [-0.1, -0.05) is 19.4 Å². The third-order valence-electron chi connectivity index (χ3n) is 8.92. The first-order valence-electron chi connectivity index (χ1n) is 10.7. The molecule has 3 N–H and O–H groups in total. The summed E-state index contributed by atoms with van der Waals surface area (Å²) in [5, 5.41) is 34.0. The molecule has 0 aromatic rings. The van der Waals surface area contributed by atoms with Gasteiger partial charge < -0.3 is 29.5 Å². The van der Waals surface area contributed by atoms with E-state index in [1.165, 1.54) is 13.0 Å². The standard InChI is InChI=1S/C22H28O9/c1-8-5-12(24)17(26)20(4)11(8)6-13-21-7-29-22(28,19(20)21)16(25)9(2)14(21)15(18(27)31-13)30-10(3)23/h5,9,11,13-17,19,25-26,28H,6-7H2,1-4H3. The van der Waals surface area contributed by atoms with Crippen molar-refractivity contribution in [3.8, 4) is 0 Å².